The zero-order valence-corrected chi connectivity index (χ0v) is 14.4. The first-order valence-corrected chi connectivity index (χ1v) is 10.1. The molecule has 23 heavy (non-hydrogen) atoms. The van der Waals surface area contributed by atoms with Crippen molar-refractivity contribution >= 4 is 15.7 Å². The minimum Gasteiger partial charge on any atom is -0.348 e. The normalized spacial score (nSPS) is 23.7. The van der Waals surface area contributed by atoms with Crippen LogP contribution in [0.5, 0.6) is 0 Å². The van der Waals surface area contributed by atoms with Crippen LogP contribution in [0.3, 0.4) is 0 Å². The zero-order valence-electron chi connectivity index (χ0n) is 13.6. The van der Waals surface area contributed by atoms with E-state index in [0.717, 1.165) is 38.8 Å². The van der Waals surface area contributed by atoms with E-state index in [9.17, 15) is 13.2 Å². The zero-order chi connectivity index (χ0) is 16.4. The number of amides is 1. The lowest BCUT2D eigenvalue weighted by Gasteiger charge is -2.39. The molecule has 2 fully saturated rings. The molecule has 0 aromatic carbocycles. The van der Waals surface area contributed by atoms with Crippen LogP contribution in [0.4, 0.5) is 0 Å². The third kappa shape index (κ3) is 3.95. The fourth-order valence-electron chi connectivity index (χ4n) is 3.61. The van der Waals surface area contributed by atoms with Crippen molar-refractivity contribution in [1.82, 2.24) is 14.8 Å². The van der Waals surface area contributed by atoms with Crippen molar-refractivity contribution in [2.45, 2.75) is 37.8 Å². The van der Waals surface area contributed by atoms with E-state index in [0.29, 0.717) is 23.2 Å². The molecule has 1 aromatic heterocycles. The van der Waals surface area contributed by atoms with Crippen LogP contribution in [0.2, 0.25) is 0 Å². The maximum Gasteiger partial charge on any atom is 0.268 e. The van der Waals surface area contributed by atoms with Gasteiger partial charge in [0.05, 0.1) is 11.5 Å². The Labute approximate surface area is 137 Å². The first-order chi connectivity index (χ1) is 10.9. The Kier molecular flexibility index (Phi) is 4.77. The SMILES string of the molecule is Cn1cccc1C(=O)NC1CCN(C2CCS(=O)(=O)CC2)CC1. The number of aryl methyl sites for hydroxylation is 1. The average molecular weight is 339 g/mol. The molecule has 1 N–H and O–H groups in total. The minimum absolute atomic E-state index is 0.0142. The number of rotatable bonds is 3. The van der Waals surface area contributed by atoms with Crippen LogP contribution in [0.15, 0.2) is 18.3 Å². The van der Waals surface area contributed by atoms with E-state index in [1.54, 1.807) is 0 Å². The van der Waals surface area contributed by atoms with Crippen LogP contribution in [0.1, 0.15) is 36.2 Å². The van der Waals surface area contributed by atoms with Crippen LogP contribution in [-0.4, -0.2) is 60.5 Å². The molecule has 0 unspecified atom stereocenters. The Balaban J connectivity index is 1.47. The average Bonchev–Trinajstić information content (AvgIpc) is 2.94. The molecule has 3 heterocycles. The predicted molar refractivity (Wildman–Crippen MR) is 89.2 cm³/mol. The van der Waals surface area contributed by atoms with E-state index in [2.05, 4.69) is 10.2 Å². The molecule has 2 saturated heterocycles. The Morgan fingerprint density at radius 2 is 1.83 bits per heavy atom. The van der Waals surface area contributed by atoms with Gasteiger partial charge in [-0.1, -0.05) is 0 Å². The van der Waals surface area contributed by atoms with Gasteiger partial charge in [0.25, 0.3) is 5.91 Å². The van der Waals surface area contributed by atoms with Gasteiger partial charge in [-0.3, -0.25) is 4.79 Å². The molecule has 2 aliphatic rings. The number of nitrogens with one attached hydrogen (secondary N) is 1. The van der Waals surface area contributed by atoms with E-state index in [1.807, 2.05) is 29.9 Å². The number of hydrogen-bond donors (Lipinski definition) is 1. The topological polar surface area (TPSA) is 71.4 Å². The Morgan fingerprint density at radius 3 is 2.39 bits per heavy atom. The summed E-state index contributed by atoms with van der Waals surface area (Å²) >= 11 is 0. The van der Waals surface area contributed by atoms with Crippen LogP contribution < -0.4 is 5.32 Å². The Hall–Kier alpha value is -1.34. The molecule has 3 rings (SSSR count). The highest BCUT2D eigenvalue weighted by Crippen LogP contribution is 2.22. The van der Waals surface area contributed by atoms with E-state index < -0.39 is 9.84 Å². The lowest BCUT2D eigenvalue weighted by molar-refractivity contribution is 0.0877. The van der Waals surface area contributed by atoms with Gasteiger partial charge in [0.1, 0.15) is 15.5 Å². The van der Waals surface area contributed by atoms with E-state index in [1.165, 1.54) is 0 Å². The molecule has 0 radical (unpaired) electrons. The number of aromatic nitrogens is 1. The summed E-state index contributed by atoms with van der Waals surface area (Å²) in [5.74, 6) is 0.628. The second kappa shape index (κ2) is 6.65. The van der Waals surface area contributed by atoms with Crippen LogP contribution in [0, 0.1) is 0 Å². The molecule has 1 aromatic rings. The highest BCUT2D eigenvalue weighted by molar-refractivity contribution is 7.91. The lowest BCUT2D eigenvalue weighted by atomic mass is 10.0. The molecule has 0 atom stereocenters. The first kappa shape index (κ1) is 16.5. The summed E-state index contributed by atoms with van der Waals surface area (Å²) in [6.07, 6.45) is 5.24. The molecule has 0 saturated carbocycles. The van der Waals surface area contributed by atoms with Gasteiger partial charge in [0.15, 0.2) is 0 Å². The van der Waals surface area contributed by atoms with Crippen LogP contribution >= 0.6 is 0 Å². The second-order valence-electron chi connectivity index (χ2n) is 6.67. The molecule has 0 aliphatic carbocycles. The van der Waals surface area contributed by atoms with Gasteiger partial charge in [0, 0.05) is 38.4 Å². The molecule has 1 amide bonds. The summed E-state index contributed by atoms with van der Waals surface area (Å²) in [5, 5.41) is 3.12. The minimum atomic E-state index is -2.80. The van der Waals surface area contributed by atoms with Gasteiger partial charge in [-0.2, -0.15) is 0 Å². The molecule has 0 spiro atoms. The summed E-state index contributed by atoms with van der Waals surface area (Å²) in [6.45, 7) is 1.87. The molecule has 128 valence electrons. The van der Waals surface area contributed by atoms with Gasteiger partial charge < -0.3 is 14.8 Å². The number of piperidine rings is 1. The van der Waals surface area contributed by atoms with Crippen LogP contribution in [-0.2, 0) is 16.9 Å². The van der Waals surface area contributed by atoms with Crippen molar-refractivity contribution in [1.29, 1.82) is 0 Å². The fourth-order valence-corrected chi connectivity index (χ4v) is 5.07. The maximum absolute atomic E-state index is 12.2. The molecule has 0 bridgehead atoms. The molecular weight excluding hydrogens is 314 g/mol. The second-order valence-corrected chi connectivity index (χ2v) is 8.97. The number of likely N-dealkylation sites (tertiary alicyclic amines) is 1. The molecular formula is C16H25N3O3S. The summed E-state index contributed by atoms with van der Waals surface area (Å²) in [7, 11) is -0.927. The maximum atomic E-state index is 12.2. The molecule has 6 nitrogen and oxygen atoms in total. The number of hydrogen-bond acceptors (Lipinski definition) is 4. The van der Waals surface area contributed by atoms with Crippen molar-refractivity contribution in [3.05, 3.63) is 24.0 Å². The van der Waals surface area contributed by atoms with Gasteiger partial charge in [-0.15, -0.1) is 0 Å². The Morgan fingerprint density at radius 1 is 1.17 bits per heavy atom. The van der Waals surface area contributed by atoms with Crippen molar-refractivity contribution in [3.8, 4) is 0 Å². The van der Waals surface area contributed by atoms with Gasteiger partial charge >= 0.3 is 0 Å². The number of sulfone groups is 1. The van der Waals surface area contributed by atoms with E-state index in [-0.39, 0.29) is 11.9 Å². The Bertz CT molecular complexity index is 646. The number of carbonyl (C=O) groups is 1. The van der Waals surface area contributed by atoms with Gasteiger partial charge in [-0.05, 0) is 37.8 Å². The molecule has 2 aliphatic heterocycles. The predicted octanol–water partition coefficient (Wildman–Crippen LogP) is 0.796. The highest BCUT2D eigenvalue weighted by atomic mass is 32.2. The summed E-state index contributed by atoms with van der Waals surface area (Å²) < 4.78 is 24.9. The summed E-state index contributed by atoms with van der Waals surface area (Å²) in [6, 6.07) is 4.30. The van der Waals surface area contributed by atoms with Gasteiger partial charge in [0.2, 0.25) is 0 Å². The molecule has 7 heteroatoms. The summed E-state index contributed by atoms with van der Waals surface area (Å²) in [4.78, 5) is 14.6. The van der Waals surface area contributed by atoms with Crippen LogP contribution in [0.25, 0.3) is 0 Å². The first-order valence-electron chi connectivity index (χ1n) is 8.31. The third-order valence-corrected chi connectivity index (χ3v) is 6.80. The number of nitrogens with zero attached hydrogens (tertiary/aromatic N) is 2. The van der Waals surface area contributed by atoms with Crippen molar-refractivity contribution < 1.29 is 13.2 Å². The standard InChI is InChI=1S/C16H25N3O3S/c1-18-8-2-3-15(18)16(20)17-13-4-9-19(10-5-13)14-6-11-23(21,22)12-7-14/h2-3,8,13-14H,4-7,9-12H2,1H3,(H,17,20). The fraction of sp³-hybridized carbons (Fsp3) is 0.688. The van der Waals surface area contributed by atoms with Gasteiger partial charge in [-0.25, -0.2) is 8.42 Å². The largest absolute Gasteiger partial charge is 0.348 e. The third-order valence-electron chi connectivity index (χ3n) is 5.08. The highest BCUT2D eigenvalue weighted by Gasteiger charge is 2.30. The summed E-state index contributed by atoms with van der Waals surface area (Å²) in [5.41, 5.74) is 0.685. The smallest absolute Gasteiger partial charge is 0.268 e. The quantitative estimate of drug-likeness (QED) is 0.884. The van der Waals surface area contributed by atoms with Crippen molar-refractivity contribution in [3.63, 3.8) is 0 Å². The number of carbonyl (C=O) groups excluding carboxylic acids is 1. The van der Waals surface area contributed by atoms with E-state index >= 15 is 0 Å². The lowest BCUT2D eigenvalue weighted by Crippen LogP contribution is -2.50. The van der Waals surface area contributed by atoms with Crippen molar-refractivity contribution in [2.75, 3.05) is 24.6 Å². The monoisotopic (exact) mass is 339 g/mol. The van der Waals surface area contributed by atoms with E-state index in [4.69, 9.17) is 0 Å². The van der Waals surface area contributed by atoms with Crippen molar-refractivity contribution in [2.24, 2.45) is 7.05 Å².